The Kier molecular flexibility index (Phi) is 11.3. The largest absolute Gasteiger partial charge is 0.451 e. The minimum Gasteiger partial charge on any atom is -0.396 e. The molecular weight excluding hydrogens is 625 g/mol. The van der Waals surface area contributed by atoms with E-state index in [4.69, 9.17) is 5.26 Å². The smallest absolute Gasteiger partial charge is 0.396 e. The van der Waals surface area contributed by atoms with E-state index in [0.29, 0.717) is 76.6 Å². The van der Waals surface area contributed by atoms with Crippen molar-refractivity contribution >= 4 is 23.6 Å². The molecule has 3 amide bonds. The lowest BCUT2D eigenvalue weighted by molar-refractivity contribution is -0.144. The summed E-state index contributed by atoms with van der Waals surface area (Å²) in [5.41, 5.74) is 1.39. The Bertz CT molecular complexity index is 1450. The highest BCUT2D eigenvalue weighted by Gasteiger charge is 2.39. The van der Waals surface area contributed by atoms with Gasteiger partial charge in [0.05, 0.1) is 11.6 Å². The van der Waals surface area contributed by atoms with Crippen LogP contribution in [-0.2, 0) is 17.4 Å². The standard InChI is InChI=1S/C34H45F3N8O3/c1-33(23-46)12-19-44(20-13-33)32(48)40-15-9-25-10-17-43(18-11-25)28-21-29(42-31(41-28)34(35,36)37)45-16-2-3-27(45)30(47)39-14-8-24-4-6-26(22-38)7-5-24/h4-7,21,25,27,46H,2-3,8-20,23H2,1H3,(H,39,47)(H,40,48)/t27-/m0/s1. The molecule has 0 bridgehead atoms. The molecule has 1 aromatic heterocycles. The van der Waals surface area contributed by atoms with Crippen molar-refractivity contribution in [1.82, 2.24) is 25.5 Å². The van der Waals surface area contributed by atoms with Crippen LogP contribution in [0.25, 0.3) is 0 Å². The van der Waals surface area contributed by atoms with E-state index in [1.54, 1.807) is 28.0 Å². The third-order valence-electron chi connectivity index (χ3n) is 10.0. The zero-order valence-corrected chi connectivity index (χ0v) is 27.4. The van der Waals surface area contributed by atoms with Crippen LogP contribution in [0.1, 0.15) is 68.8 Å². The maximum atomic E-state index is 14.0. The number of aliphatic hydroxyl groups is 1. The fourth-order valence-electron chi connectivity index (χ4n) is 6.72. The van der Waals surface area contributed by atoms with Gasteiger partial charge in [0.25, 0.3) is 0 Å². The maximum Gasteiger partial charge on any atom is 0.451 e. The van der Waals surface area contributed by atoms with Crippen molar-refractivity contribution in [3.8, 4) is 6.07 Å². The van der Waals surface area contributed by atoms with Gasteiger partial charge in [0.15, 0.2) is 0 Å². The quantitative estimate of drug-likeness (QED) is 0.344. The van der Waals surface area contributed by atoms with Gasteiger partial charge in [0.1, 0.15) is 17.7 Å². The number of benzene rings is 1. The number of urea groups is 1. The molecule has 1 aromatic carbocycles. The fourth-order valence-corrected chi connectivity index (χ4v) is 6.72. The molecule has 1 atom stereocenters. The zero-order chi connectivity index (χ0) is 34.3. The van der Waals surface area contributed by atoms with E-state index < -0.39 is 18.0 Å². The van der Waals surface area contributed by atoms with Gasteiger partial charge < -0.3 is 30.4 Å². The second-order valence-electron chi connectivity index (χ2n) is 13.5. The first-order valence-electron chi connectivity index (χ1n) is 16.9. The van der Waals surface area contributed by atoms with E-state index >= 15 is 0 Å². The molecular formula is C34H45F3N8O3. The molecule has 5 rings (SSSR count). The first-order valence-corrected chi connectivity index (χ1v) is 16.9. The summed E-state index contributed by atoms with van der Waals surface area (Å²) < 4.78 is 41.9. The number of hydrogen-bond donors (Lipinski definition) is 3. The molecule has 3 aliphatic rings. The molecule has 48 heavy (non-hydrogen) atoms. The molecule has 2 aromatic rings. The third-order valence-corrected chi connectivity index (χ3v) is 10.0. The minimum absolute atomic E-state index is 0.0962. The summed E-state index contributed by atoms with van der Waals surface area (Å²) in [6.45, 7) is 5.73. The molecule has 3 saturated heterocycles. The highest BCUT2D eigenvalue weighted by Crippen LogP contribution is 2.34. The van der Waals surface area contributed by atoms with Crippen molar-refractivity contribution in [3.05, 3.63) is 47.3 Å². The summed E-state index contributed by atoms with van der Waals surface area (Å²) >= 11 is 0. The highest BCUT2D eigenvalue weighted by atomic mass is 19.4. The molecule has 3 fully saturated rings. The number of nitriles is 1. The molecule has 3 N–H and O–H groups in total. The van der Waals surface area contributed by atoms with Crippen molar-refractivity contribution in [3.63, 3.8) is 0 Å². The van der Waals surface area contributed by atoms with Crippen LogP contribution in [0.4, 0.5) is 29.6 Å². The van der Waals surface area contributed by atoms with Crippen LogP contribution in [0.3, 0.4) is 0 Å². The van der Waals surface area contributed by atoms with Gasteiger partial charge in [-0.05, 0) is 80.4 Å². The van der Waals surface area contributed by atoms with Gasteiger partial charge in [-0.2, -0.15) is 18.4 Å². The molecule has 0 spiro atoms. The van der Waals surface area contributed by atoms with Crippen LogP contribution in [0.15, 0.2) is 30.3 Å². The molecule has 4 heterocycles. The maximum absolute atomic E-state index is 14.0. The number of carbonyl (C=O) groups excluding carboxylic acids is 2. The summed E-state index contributed by atoms with van der Waals surface area (Å²) in [6.07, 6.45) is 0.788. The molecule has 11 nitrogen and oxygen atoms in total. The van der Waals surface area contributed by atoms with Crippen LogP contribution < -0.4 is 20.4 Å². The van der Waals surface area contributed by atoms with Crippen LogP contribution >= 0.6 is 0 Å². The molecule has 0 radical (unpaired) electrons. The number of anilines is 2. The predicted molar refractivity (Wildman–Crippen MR) is 174 cm³/mol. The van der Waals surface area contributed by atoms with Gasteiger partial charge in [-0.15, -0.1) is 0 Å². The Morgan fingerprint density at radius 3 is 2.33 bits per heavy atom. The fraction of sp³-hybridized carbons (Fsp3) is 0.618. The number of amides is 3. The number of hydrogen-bond acceptors (Lipinski definition) is 8. The van der Waals surface area contributed by atoms with E-state index in [2.05, 4.69) is 26.7 Å². The molecule has 0 unspecified atom stereocenters. The lowest BCUT2D eigenvalue weighted by atomic mass is 9.81. The van der Waals surface area contributed by atoms with Gasteiger partial charge in [0.2, 0.25) is 11.7 Å². The van der Waals surface area contributed by atoms with E-state index in [0.717, 1.165) is 37.7 Å². The van der Waals surface area contributed by atoms with E-state index in [-0.39, 0.29) is 35.6 Å². The lowest BCUT2D eigenvalue weighted by Gasteiger charge is -2.38. The van der Waals surface area contributed by atoms with Crippen LogP contribution in [0.2, 0.25) is 0 Å². The summed E-state index contributed by atoms with van der Waals surface area (Å²) in [4.78, 5) is 38.9. The topological polar surface area (TPSA) is 138 Å². The molecule has 0 aliphatic carbocycles. The minimum atomic E-state index is -4.75. The molecule has 3 aliphatic heterocycles. The van der Waals surface area contributed by atoms with Crippen molar-refractivity contribution < 1.29 is 27.9 Å². The number of alkyl halides is 3. The first kappa shape index (κ1) is 35.2. The van der Waals surface area contributed by atoms with E-state index in [1.165, 1.54) is 0 Å². The monoisotopic (exact) mass is 670 g/mol. The number of piperidine rings is 2. The summed E-state index contributed by atoms with van der Waals surface area (Å²) in [6, 6.07) is 10.0. The van der Waals surface area contributed by atoms with Crippen LogP contribution in [0.5, 0.6) is 0 Å². The van der Waals surface area contributed by atoms with Gasteiger partial charge >= 0.3 is 12.2 Å². The van der Waals surface area contributed by atoms with Crippen molar-refractivity contribution in [1.29, 1.82) is 5.26 Å². The molecule has 0 saturated carbocycles. The second kappa shape index (κ2) is 15.4. The number of carbonyl (C=O) groups is 2. The summed E-state index contributed by atoms with van der Waals surface area (Å²) in [5, 5.41) is 24.5. The van der Waals surface area contributed by atoms with Gasteiger partial charge in [-0.1, -0.05) is 19.1 Å². The second-order valence-corrected chi connectivity index (χ2v) is 13.5. The van der Waals surface area contributed by atoms with Crippen molar-refractivity contribution in [2.75, 3.05) is 62.2 Å². The number of aromatic nitrogens is 2. The lowest BCUT2D eigenvalue weighted by Crippen LogP contribution is -2.48. The van der Waals surface area contributed by atoms with E-state index in [1.807, 2.05) is 24.0 Å². The van der Waals surface area contributed by atoms with E-state index in [9.17, 15) is 27.9 Å². The summed E-state index contributed by atoms with van der Waals surface area (Å²) in [7, 11) is 0. The summed E-state index contributed by atoms with van der Waals surface area (Å²) in [5.74, 6) is -0.861. The average Bonchev–Trinajstić information content (AvgIpc) is 3.59. The Morgan fingerprint density at radius 2 is 1.69 bits per heavy atom. The first-order chi connectivity index (χ1) is 23.0. The Morgan fingerprint density at radius 1 is 1.00 bits per heavy atom. The Balaban J connectivity index is 1.15. The number of nitrogens with one attached hydrogen (secondary N) is 2. The number of halogens is 3. The highest BCUT2D eigenvalue weighted by molar-refractivity contribution is 5.85. The van der Waals surface area contributed by atoms with Crippen LogP contribution in [0, 0.1) is 22.7 Å². The Labute approximate surface area is 279 Å². The van der Waals surface area contributed by atoms with Crippen molar-refractivity contribution in [2.24, 2.45) is 11.3 Å². The van der Waals surface area contributed by atoms with Crippen molar-refractivity contribution in [2.45, 2.75) is 70.5 Å². The molecule has 14 heteroatoms. The SMILES string of the molecule is CC1(CO)CCN(C(=O)NCCC2CCN(c3cc(N4CCC[C@H]4C(=O)NCCc4ccc(C#N)cc4)nc(C(F)(F)F)n3)CC2)CC1. The normalized spacial score (nSPS) is 20.0. The number of aliphatic hydroxyl groups excluding tert-OH is 1. The zero-order valence-electron chi connectivity index (χ0n) is 27.4. The van der Waals surface area contributed by atoms with Gasteiger partial charge in [0, 0.05) is 58.5 Å². The average molecular weight is 671 g/mol. The number of nitrogens with zero attached hydrogens (tertiary/aromatic N) is 6. The predicted octanol–water partition coefficient (Wildman–Crippen LogP) is 4.11. The van der Waals surface area contributed by atoms with Crippen LogP contribution in [-0.4, -0.2) is 90.4 Å². The Hall–Kier alpha value is -4.12. The number of likely N-dealkylation sites (tertiary alicyclic amines) is 1. The van der Waals surface area contributed by atoms with Gasteiger partial charge in [-0.25, -0.2) is 14.8 Å². The number of rotatable bonds is 10. The molecule has 260 valence electrons. The third kappa shape index (κ3) is 8.86. The van der Waals surface area contributed by atoms with Gasteiger partial charge in [-0.3, -0.25) is 4.79 Å².